The highest BCUT2D eigenvalue weighted by atomic mass is 16.4. The van der Waals surface area contributed by atoms with Crippen molar-refractivity contribution in [2.24, 2.45) is 28.6 Å². The van der Waals surface area contributed by atoms with E-state index in [-0.39, 0.29) is 36.4 Å². The van der Waals surface area contributed by atoms with Crippen LogP contribution in [0.25, 0.3) is 0 Å². The van der Waals surface area contributed by atoms with Crippen LogP contribution in [0.15, 0.2) is 23.8 Å². The number of carbonyl (C=O) groups excluding carboxylic acids is 2. The fourth-order valence-corrected chi connectivity index (χ4v) is 6.96. The maximum absolute atomic E-state index is 12.4. The molecule has 8 atom stereocenters. The maximum Gasteiger partial charge on any atom is 0.192 e. The third-order valence-corrected chi connectivity index (χ3v) is 8.28. The molecule has 4 rings (SSSR count). The van der Waals surface area contributed by atoms with E-state index >= 15 is 0 Å². The first-order chi connectivity index (χ1) is 12.6. The van der Waals surface area contributed by atoms with Crippen molar-refractivity contribution < 1.29 is 30.0 Å². The minimum atomic E-state index is -2.05. The summed E-state index contributed by atoms with van der Waals surface area (Å²) in [4.78, 5) is 24.2. The van der Waals surface area contributed by atoms with Gasteiger partial charge in [-0.05, 0) is 49.7 Å². The second-order valence-electron chi connectivity index (χ2n) is 9.31. The predicted octanol–water partition coefficient (Wildman–Crippen LogP) is 0.528. The monoisotopic (exact) mass is 376 g/mol. The number of hydrogen-bond acceptors (Lipinski definition) is 6. The molecule has 4 aliphatic rings. The highest BCUT2D eigenvalue weighted by molar-refractivity contribution is 6.01. The van der Waals surface area contributed by atoms with Gasteiger partial charge in [-0.25, -0.2) is 0 Å². The molecule has 148 valence electrons. The van der Waals surface area contributed by atoms with Crippen LogP contribution in [0.2, 0.25) is 0 Å². The molecular weight excluding hydrogens is 348 g/mol. The molecule has 0 bridgehead atoms. The maximum atomic E-state index is 12.4. The zero-order valence-corrected chi connectivity index (χ0v) is 15.8. The Balaban J connectivity index is 1.78. The van der Waals surface area contributed by atoms with E-state index in [1.165, 1.54) is 0 Å². The highest BCUT2D eigenvalue weighted by Crippen LogP contribution is 2.67. The van der Waals surface area contributed by atoms with Crippen molar-refractivity contribution in [1.29, 1.82) is 0 Å². The number of Topliss-reactive ketones (excluding diaryl/α,β-unsaturated/α-hetero) is 1. The lowest BCUT2D eigenvalue weighted by molar-refractivity contribution is -0.190. The summed E-state index contributed by atoms with van der Waals surface area (Å²) >= 11 is 0. The van der Waals surface area contributed by atoms with E-state index in [1.807, 2.05) is 13.0 Å². The molecule has 0 amide bonds. The van der Waals surface area contributed by atoms with Crippen molar-refractivity contribution in [1.82, 2.24) is 0 Å². The van der Waals surface area contributed by atoms with Gasteiger partial charge in [-0.3, -0.25) is 9.59 Å². The molecule has 3 fully saturated rings. The first kappa shape index (κ1) is 19.0. The SMILES string of the molecule is C[C@]12C=CC(=O)C=C1CC[C@@H]1[C@@H]2[C@@H](O)C[C@@]2(C)[C@H]1C[C@@H](O)C2(O)C(=O)CO. The van der Waals surface area contributed by atoms with Crippen molar-refractivity contribution in [3.63, 3.8) is 0 Å². The second kappa shape index (κ2) is 5.83. The third kappa shape index (κ3) is 2.21. The van der Waals surface area contributed by atoms with Gasteiger partial charge in [0.1, 0.15) is 6.61 Å². The van der Waals surface area contributed by atoms with Crippen LogP contribution in [0.1, 0.15) is 39.5 Å². The predicted molar refractivity (Wildman–Crippen MR) is 96.4 cm³/mol. The van der Waals surface area contributed by atoms with Gasteiger partial charge in [-0.2, -0.15) is 0 Å². The highest BCUT2D eigenvalue weighted by Gasteiger charge is 2.71. The molecular formula is C21H28O6. The van der Waals surface area contributed by atoms with Crippen LogP contribution in [0, 0.1) is 28.6 Å². The van der Waals surface area contributed by atoms with Crippen molar-refractivity contribution in [2.45, 2.75) is 57.3 Å². The van der Waals surface area contributed by atoms with Gasteiger partial charge in [0.25, 0.3) is 0 Å². The molecule has 0 saturated heterocycles. The fraction of sp³-hybridized carbons (Fsp3) is 0.714. The average molecular weight is 376 g/mol. The summed E-state index contributed by atoms with van der Waals surface area (Å²) in [6.45, 7) is 2.96. The number of hydrogen-bond donors (Lipinski definition) is 4. The van der Waals surface area contributed by atoms with Crippen LogP contribution in [-0.4, -0.2) is 56.4 Å². The Morgan fingerprint density at radius 3 is 2.67 bits per heavy atom. The molecule has 3 saturated carbocycles. The molecule has 0 spiro atoms. The molecule has 0 heterocycles. The van der Waals surface area contributed by atoms with Gasteiger partial charge in [-0.15, -0.1) is 0 Å². The Hall–Kier alpha value is -1.34. The summed E-state index contributed by atoms with van der Waals surface area (Å²) in [6, 6.07) is 0. The molecule has 6 nitrogen and oxygen atoms in total. The van der Waals surface area contributed by atoms with Crippen LogP contribution >= 0.6 is 0 Å². The molecule has 1 unspecified atom stereocenters. The normalized spacial score (nSPS) is 51.3. The lowest BCUT2D eigenvalue weighted by Gasteiger charge is -2.59. The minimum Gasteiger partial charge on any atom is -0.393 e. The van der Waals surface area contributed by atoms with E-state index in [0.29, 0.717) is 0 Å². The van der Waals surface area contributed by atoms with Gasteiger partial charge in [0.2, 0.25) is 0 Å². The molecule has 27 heavy (non-hydrogen) atoms. The number of fused-ring (bicyclic) bond motifs is 5. The molecule has 0 aromatic carbocycles. The van der Waals surface area contributed by atoms with Gasteiger partial charge < -0.3 is 20.4 Å². The summed E-state index contributed by atoms with van der Waals surface area (Å²) < 4.78 is 0. The molecule has 0 aromatic heterocycles. The summed E-state index contributed by atoms with van der Waals surface area (Å²) in [6.07, 6.45) is 4.97. The molecule has 0 radical (unpaired) electrons. The summed E-state index contributed by atoms with van der Waals surface area (Å²) in [5.41, 5.74) is -2.46. The van der Waals surface area contributed by atoms with E-state index in [1.54, 1.807) is 19.1 Å². The van der Waals surface area contributed by atoms with Crippen molar-refractivity contribution in [2.75, 3.05) is 6.61 Å². The summed E-state index contributed by atoms with van der Waals surface area (Å²) in [5.74, 6) is -1.09. The van der Waals surface area contributed by atoms with Gasteiger partial charge in [-0.1, -0.05) is 25.5 Å². The lowest BCUT2D eigenvalue weighted by Crippen LogP contribution is -2.63. The first-order valence-electron chi connectivity index (χ1n) is 9.76. The van der Waals surface area contributed by atoms with Gasteiger partial charge in [0, 0.05) is 16.7 Å². The van der Waals surface area contributed by atoms with Crippen molar-refractivity contribution >= 4 is 11.6 Å². The fourth-order valence-electron chi connectivity index (χ4n) is 6.96. The Bertz CT molecular complexity index is 756. The smallest absolute Gasteiger partial charge is 0.192 e. The molecule has 0 aliphatic heterocycles. The zero-order chi connectivity index (χ0) is 19.8. The number of ketones is 2. The Morgan fingerprint density at radius 2 is 2.00 bits per heavy atom. The number of aliphatic hydroxyl groups is 4. The average Bonchev–Trinajstić information content (AvgIpc) is 2.82. The van der Waals surface area contributed by atoms with Gasteiger partial charge in [0.15, 0.2) is 17.2 Å². The quantitative estimate of drug-likeness (QED) is 0.559. The van der Waals surface area contributed by atoms with Crippen LogP contribution < -0.4 is 0 Å². The molecule has 4 N–H and O–H groups in total. The van der Waals surface area contributed by atoms with Crippen LogP contribution in [-0.2, 0) is 9.59 Å². The van der Waals surface area contributed by atoms with Crippen molar-refractivity contribution in [3.8, 4) is 0 Å². The van der Waals surface area contributed by atoms with Gasteiger partial charge in [0.05, 0.1) is 12.2 Å². The number of carbonyl (C=O) groups is 2. The molecule has 4 aliphatic carbocycles. The van der Waals surface area contributed by atoms with Crippen molar-refractivity contribution in [3.05, 3.63) is 23.8 Å². The van der Waals surface area contributed by atoms with E-state index in [4.69, 9.17) is 0 Å². The standard InChI is InChI=1S/C21H28O6/c1-19-6-5-12(23)7-11(19)3-4-13-14-8-16(25)21(27,17(26)10-22)20(14,2)9-15(24)18(13)19/h5-7,13-16,18,22,24-25,27H,3-4,8-10H2,1-2H3/t13-,14-,15-,16+,18+,19-,20-,21?/m0/s1. The van der Waals surface area contributed by atoms with Gasteiger partial charge >= 0.3 is 0 Å². The number of allylic oxidation sites excluding steroid dienone is 4. The lowest BCUT2D eigenvalue weighted by atomic mass is 9.46. The minimum absolute atomic E-state index is 0.00826. The summed E-state index contributed by atoms with van der Waals surface area (Å²) in [5, 5.41) is 42.3. The third-order valence-electron chi connectivity index (χ3n) is 8.28. The van der Waals surface area contributed by atoms with E-state index in [9.17, 15) is 30.0 Å². The van der Waals surface area contributed by atoms with E-state index in [2.05, 4.69) is 0 Å². The number of rotatable bonds is 2. The number of aliphatic hydroxyl groups excluding tert-OH is 3. The Kier molecular flexibility index (Phi) is 4.10. The second-order valence-corrected chi connectivity index (χ2v) is 9.31. The van der Waals surface area contributed by atoms with Crippen LogP contribution in [0.5, 0.6) is 0 Å². The molecule has 6 heteroatoms. The van der Waals surface area contributed by atoms with E-state index in [0.717, 1.165) is 18.4 Å². The summed E-state index contributed by atoms with van der Waals surface area (Å²) in [7, 11) is 0. The van der Waals surface area contributed by atoms with Crippen LogP contribution in [0.3, 0.4) is 0 Å². The Morgan fingerprint density at radius 1 is 1.30 bits per heavy atom. The molecule has 0 aromatic rings. The van der Waals surface area contributed by atoms with Crippen LogP contribution in [0.4, 0.5) is 0 Å². The topological polar surface area (TPSA) is 115 Å². The van der Waals surface area contributed by atoms with E-state index < -0.39 is 41.0 Å². The zero-order valence-electron chi connectivity index (χ0n) is 15.8. The first-order valence-corrected chi connectivity index (χ1v) is 9.76. The largest absolute Gasteiger partial charge is 0.393 e. The Labute approximate surface area is 158 Å².